The van der Waals surface area contributed by atoms with Gasteiger partial charge in [0.2, 0.25) is 5.95 Å². The first-order chi connectivity index (χ1) is 18.0. The van der Waals surface area contributed by atoms with Crippen molar-refractivity contribution < 1.29 is 19.0 Å². The molecular weight excluding hydrogens is 469 g/mol. The number of aromatic nitrogens is 2. The molecule has 6 nitrogen and oxygen atoms in total. The second-order valence-electron chi connectivity index (χ2n) is 8.97. The molecule has 0 radical (unpaired) electrons. The number of carbonyl (C=O) groups is 1. The average molecular weight is 494 g/mol. The number of aromatic amines is 1. The lowest BCUT2D eigenvalue weighted by Crippen LogP contribution is -2.15. The van der Waals surface area contributed by atoms with Gasteiger partial charge in [0.05, 0.1) is 24.6 Å². The average Bonchev–Trinajstić information content (AvgIpc) is 3.26. The normalized spacial score (nSPS) is 14.3. The van der Waals surface area contributed by atoms with Crippen molar-refractivity contribution in [1.29, 1.82) is 0 Å². The first-order valence-corrected chi connectivity index (χ1v) is 11.9. The highest BCUT2D eigenvalue weighted by Crippen LogP contribution is 2.48. The molecule has 0 bridgehead atoms. The molecule has 1 aliphatic rings. The summed E-state index contributed by atoms with van der Waals surface area (Å²) in [5.74, 6) is -0.665. The van der Waals surface area contributed by atoms with E-state index in [2.05, 4.69) is 15.0 Å². The Hall–Kier alpha value is -4.70. The van der Waals surface area contributed by atoms with Gasteiger partial charge in [-0.2, -0.15) is 9.49 Å². The molecule has 184 valence electrons. The molecule has 0 amide bonds. The van der Waals surface area contributed by atoms with Crippen molar-refractivity contribution in [3.05, 3.63) is 106 Å². The molecule has 0 atom stereocenters. The summed E-state index contributed by atoms with van der Waals surface area (Å²) in [4.78, 5) is 14.8. The number of methoxy groups -OCH3 is 1. The van der Waals surface area contributed by atoms with E-state index in [0.29, 0.717) is 22.3 Å². The molecule has 0 spiro atoms. The molecule has 1 aromatic heterocycles. The maximum absolute atomic E-state index is 14.5. The fourth-order valence-electron chi connectivity index (χ4n) is 4.75. The van der Waals surface area contributed by atoms with Crippen molar-refractivity contribution in [3.63, 3.8) is 0 Å². The molecule has 1 aliphatic carbocycles. The molecule has 37 heavy (non-hydrogen) atoms. The number of H-pyrrole nitrogens is 1. The van der Waals surface area contributed by atoms with Crippen molar-refractivity contribution in [3.8, 4) is 5.75 Å². The van der Waals surface area contributed by atoms with Gasteiger partial charge >= 0.3 is 5.97 Å². The summed E-state index contributed by atoms with van der Waals surface area (Å²) in [7, 11) is 1.58. The van der Waals surface area contributed by atoms with Gasteiger partial charge in [-0.25, -0.2) is 9.64 Å². The van der Waals surface area contributed by atoms with Gasteiger partial charge < -0.3 is 9.84 Å². The van der Waals surface area contributed by atoms with Gasteiger partial charge in [0.1, 0.15) is 5.75 Å². The predicted octanol–water partition coefficient (Wildman–Crippen LogP) is 7.12. The maximum Gasteiger partial charge on any atom is 0.328 e. The van der Waals surface area contributed by atoms with Crippen LogP contribution in [0.5, 0.6) is 5.75 Å². The van der Waals surface area contributed by atoms with E-state index in [4.69, 9.17) is 16.4 Å². The third-order valence-corrected chi connectivity index (χ3v) is 6.81. The van der Waals surface area contributed by atoms with E-state index in [1.165, 1.54) is 6.08 Å². The molecule has 2 N–H and O–H groups in total. The molecule has 0 unspecified atom stereocenters. The predicted molar refractivity (Wildman–Crippen MR) is 142 cm³/mol. The summed E-state index contributed by atoms with van der Waals surface area (Å²) in [6.07, 6.45) is 5.71. The number of ether oxygens (including phenoxy) is 1. The smallest absolute Gasteiger partial charge is 0.328 e. The maximum atomic E-state index is 14.5. The second kappa shape index (κ2) is 10.1. The fraction of sp³-hybridized carbons (Fsp3) is 0.167. The quantitative estimate of drug-likeness (QED) is 0.163. The third-order valence-electron chi connectivity index (χ3n) is 6.81. The molecule has 7 heteroatoms. The van der Waals surface area contributed by atoms with Crippen LogP contribution in [0.2, 0.25) is 0 Å². The van der Waals surface area contributed by atoms with E-state index in [1.807, 2.05) is 42.5 Å². The number of carboxylic acid groups (broad SMARTS) is 1. The largest absolute Gasteiger partial charge is 0.498 e. The van der Waals surface area contributed by atoms with Gasteiger partial charge in [0, 0.05) is 6.08 Å². The van der Waals surface area contributed by atoms with Crippen LogP contribution in [0.15, 0.2) is 66.7 Å². The van der Waals surface area contributed by atoms with Crippen LogP contribution in [0.3, 0.4) is 0 Å². The number of carboxylic acids is 1. The van der Waals surface area contributed by atoms with Crippen LogP contribution in [-0.4, -0.2) is 28.4 Å². The van der Waals surface area contributed by atoms with Crippen LogP contribution in [0.25, 0.3) is 33.0 Å². The lowest BCUT2D eigenvalue weighted by Gasteiger charge is -2.32. The molecule has 4 aromatic rings. The zero-order valence-electron chi connectivity index (χ0n) is 20.2. The monoisotopic (exact) mass is 493 g/mol. The van der Waals surface area contributed by atoms with Crippen molar-refractivity contribution in [2.45, 2.75) is 19.3 Å². The molecule has 1 heterocycles. The van der Waals surface area contributed by atoms with E-state index in [9.17, 15) is 9.18 Å². The first-order valence-electron chi connectivity index (χ1n) is 11.9. The second-order valence-corrected chi connectivity index (χ2v) is 8.97. The van der Waals surface area contributed by atoms with Crippen LogP contribution in [0.4, 0.5) is 10.1 Å². The van der Waals surface area contributed by atoms with E-state index in [1.54, 1.807) is 25.3 Å². The van der Waals surface area contributed by atoms with Gasteiger partial charge in [-0.05, 0) is 82.5 Å². The summed E-state index contributed by atoms with van der Waals surface area (Å²) >= 11 is 0. The Bertz CT molecular complexity index is 1590. The molecule has 0 saturated heterocycles. The Kier molecular flexibility index (Phi) is 6.57. The van der Waals surface area contributed by atoms with Gasteiger partial charge in [-0.1, -0.05) is 42.8 Å². The highest BCUT2D eigenvalue weighted by molar-refractivity contribution is 6.03. The summed E-state index contributed by atoms with van der Waals surface area (Å²) in [5, 5.41) is 15.8. The number of nitrogens with zero attached hydrogens (tertiary/aromatic N) is 2. The minimum atomic E-state index is -1.02. The Balaban J connectivity index is 1.78. The van der Waals surface area contributed by atoms with E-state index in [0.717, 1.165) is 58.7 Å². The molecule has 5 rings (SSSR count). The van der Waals surface area contributed by atoms with Crippen LogP contribution in [-0.2, 0) is 4.79 Å². The topological polar surface area (TPSA) is 79.6 Å². The summed E-state index contributed by atoms with van der Waals surface area (Å²) in [6.45, 7) is 7.87. The van der Waals surface area contributed by atoms with E-state index in [-0.39, 0.29) is 5.92 Å². The zero-order valence-corrected chi connectivity index (χ0v) is 20.2. The van der Waals surface area contributed by atoms with E-state index >= 15 is 0 Å². The number of nitrogens with one attached hydrogen (secondary N) is 1. The van der Waals surface area contributed by atoms with Crippen molar-refractivity contribution >= 4 is 39.8 Å². The van der Waals surface area contributed by atoms with E-state index < -0.39 is 11.9 Å². The molecule has 1 saturated carbocycles. The van der Waals surface area contributed by atoms with Crippen LogP contribution >= 0.6 is 0 Å². The molecule has 3 aromatic carbocycles. The minimum absolute atomic E-state index is 0.236. The highest BCUT2D eigenvalue weighted by atomic mass is 19.1. The van der Waals surface area contributed by atoms with Gasteiger partial charge in [0.15, 0.2) is 5.69 Å². The summed E-state index contributed by atoms with van der Waals surface area (Å²) in [5.41, 5.74) is 6.27. The number of hydrogen-bond acceptors (Lipinski definition) is 3. The van der Waals surface area contributed by atoms with Gasteiger partial charge in [0.25, 0.3) is 0 Å². The number of rotatable bonds is 7. The Morgan fingerprint density at radius 1 is 1.14 bits per heavy atom. The van der Waals surface area contributed by atoms with Crippen molar-refractivity contribution in [1.82, 2.24) is 10.2 Å². The lowest BCUT2D eigenvalue weighted by molar-refractivity contribution is -0.131. The third kappa shape index (κ3) is 4.74. The number of aliphatic carboxylic acids is 1. The molecule has 1 fully saturated rings. The number of allylic oxidation sites excluding steroid dienone is 1. The highest BCUT2D eigenvalue weighted by Gasteiger charge is 2.29. The Morgan fingerprint density at radius 3 is 2.54 bits per heavy atom. The zero-order chi connectivity index (χ0) is 25.9. The summed E-state index contributed by atoms with van der Waals surface area (Å²) < 4.78 is 19.9. The Labute approximate surface area is 213 Å². The number of benzene rings is 3. The number of fused-ring (bicyclic) bond motifs is 1. The van der Waals surface area contributed by atoms with Crippen LogP contribution in [0.1, 0.15) is 41.5 Å². The van der Waals surface area contributed by atoms with Crippen LogP contribution in [0, 0.1) is 18.4 Å². The minimum Gasteiger partial charge on any atom is -0.498 e. The Morgan fingerprint density at radius 2 is 1.89 bits per heavy atom. The first kappa shape index (κ1) is 24.0. The number of hydrogen-bond donors (Lipinski definition) is 2. The fourth-order valence-corrected chi connectivity index (χ4v) is 4.75. The lowest BCUT2D eigenvalue weighted by atomic mass is 9.72. The van der Waals surface area contributed by atoms with Crippen LogP contribution < -0.4 is 4.74 Å². The van der Waals surface area contributed by atoms with Crippen molar-refractivity contribution in [2.75, 3.05) is 7.11 Å². The molecular formula is C30H24FN3O3. The van der Waals surface area contributed by atoms with Gasteiger partial charge in [-0.3, -0.25) is 5.10 Å². The number of halogens is 1. The van der Waals surface area contributed by atoms with Gasteiger partial charge in [-0.15, -0.1) is 0 Å². The molecule has 0 aliphatic heterocycles. The summed E-state index contributed by atoms with van der Waals surface area (Å²) in [6, 6.07) is 18.6. The SMILES string of the molecule is [C-]#[N+]c1cc(OC)ccc1/C(=C(\c1ccc(/C=C/C(=O)O)cc1)c1ccc2n[nH]c(F)c2c1)C1CCC1. The van der Waals surface area contributed by atoms with Crippen molar-refractivity contribution in [2.24, 2.45) is 5.92 Å². The standard InChI is InChI=1S/C30H24FN3O3/c1-32-26-17-22(37-2)12-13-23(26)29(19-4-3-5-19)28(20-9-6-18(7-10-20)8-15-27(35)36)21-11-14-25-24(16-21)30(31)34-33-25/h6-17,19H,3-5H2,2H3,(H,33,34)(H,35,36)/b15-8+,29-28+.